The van der Waals surface area contributed by atoms with E-state index in [1.807, 2.05) is 29.8 Å². The highest BCUT2D eigenvalue weighted by Crippen LogP contribution is 2.19. The molecule has 0 radical (unpaired) electrons. The number of aromatic nitrogens is 4. The molecule has 1 fully saturated rings. The lowest BCUT2D eigenvalue weighted by Gasteiger charge is -2.35. The quantitative estimate of drug-likeness (QED) is 0.506. The summed E-state index contributed by atoms with van der Waals surface area (Å²) in [4.78, 5) is 21.2. The number of hydrogen-bond acceptors (Lipinski definition) is 7. The van der Waals surface area contributed by atoms with Gasteiger partial charge >= 0.3 is 0 Å². The highest BCUT2D eigenvalue weighted by Gasteiger charge is 2.25. The summed E-state index contributed by atoms with van der Waals surface area (Å²) in [5.41, 5.74) is 0.479. The lowest BCUT2D eigenvalue weighted by Crippen LogP contribution is -2.49. The maximum atomic E-state index is 13.0. The van der Waals surface area contributed by atoms with Gasteiger partial charge < -0.3 is 9.80 Å². The topological polar surface area (TPSA) is 105 Å². The van der Waals surface area contributed by atoms with Crippen molar-refractivity contribution in [3.63, 3.8) is 0 Å². The number of imidazole rings is 1. The monoisotopic (exact) mass is 483 g/mol. The molecule has 0 N–H and O–H groups in total. The number of aryl methyl sites for hydroxylation is 1. The van der Waals surface area contributed by atoms with Gasteiger partial charge in [0.2, 0.25) is 10.0 Å². The first-order valence-electron chi connectivity index (χ1n) is 11.3. The van der Waals surface area contributed by atoms with Gasteiger partial charge in [-0.3, -0.25) is 9.36 Å². The average molecular weight is 484 g/mol. The molecular weight excluding hydrogens is 454 g/mol. The zero-order valence-corrected chi connectivity index (χ0v) is 20.4. The molecule has 3 heterocycles. The van der Waals surface area contributed by atoms with E-state index >= 15 is 0 Å². The SMILES string of the molecule is CCN(CC)S(=O)(=O)c1ccc(C(=O)N2CCN(c3ccc(-n4ccnc4C)nn3)CC2)cc1. The fraction of sp³-hybridized carbons (Fsp3) is 0.391. The second kappa shape index (κ2) is 9.90. The van der Waals surface area contributed by atoms with Gasteiger partial charge in [0.15, 0.2) is 11.6 Å². The number of rotatable bonds is 7. The average Bonchev–Trinajstić information content (AvgIpc) is 3.30. The Hall–Kier alpha value is -3.31. The molecule has 0 spiro atoms. The fourth-order valence-corrected chi connectivity index (χ4v) is 5.50. The number of amides is 1. The molecule has 3 aromatic rings. The van der Waals surface area contributed by atoms with E-state index < -0.39 is 10.0 Å². The van der Waals surface area contributed by atoms with Gasteiger partial charge in [-0.15, -0.1) is 10.2 Å². The van der Waals surface area contributed by atoms with Crippen molar-refractivity contribution in [1.82, 2.24) is 29.0 Å². The number of nitrogens with zero attached hydrogens (tertiary/aromatic N) is 7. The van der Waals surface area contributed by atoms with Crippen LogP contribution in [0.25, 0.3) is 5.82 Å². The van der Waals surface area contributed by atoms with Gasteiger partial charge in [-0.05, 0) is 43.3 Å². The molecule has 0 aliphatic carbocycles. The third-order valence-electron chi connectivity index (χ3n) is 6.04. The summed E-state index contributed by atoms with van der Waals surface area (Å²) in [5.74, 6) is 2.20. The summed E-state index contributed by atoms with van der Waals surface area (Å²) >= 11 is 0. The number of anilines is 1. The van der Waals surface area contributed by atoms with Crippen LogP contribution in [0.5, 0.6) is 0 Å². The zero-order valence-electron chi connectivity index (χ0n) is 19.6. The number of carbonyl (C=O) groups is 1. The Morgan fingerprint density at radius 1 is 0.941 bits per heavy atom. The number of sulfonamides is 1. The third kappa shape index (κ3) is 4.66. The highest BCUT2D eigenvalue weighted by atomic mass is 32.2. The summed E-state index contributed by atoms with van der Waals surface area (Å²) in [7, 11) is -3.54. The summed E-state index contributed by atoms with van der Waals surface area (Å²) in [6, 6.07) is 10.0. The van der Waals surface area contributed by atoms with Crippen LogP contribution >= 0.6 is 0 Å². The third-order valence-corrected chi connectivity index (χ3v) is 8.11. The summed E-state index contributed by atoms with van der Waals surface area (Å²) in [5, 5.41) is 8.66. The first kappa shape index (κ1) is 23.8. The van der Waals surface area contributed by atoms with Crippen molar-refractivity contribution in [2.45, 2.75) is 25.7 Å². The molecule has 1 aliphatic heterocycles. The molecule has 0 unspecified atom stereocenters. The lowest BCUT2D eigenvalue weighted by atomic mass is 10.2. The van der Waals surface area contributed by atoms with E-state index in [1.54, 1.807) is 37.1 Å². The number of benzene rings is 1. The van der Waals surface area contributed by atoms with Crippen LogP contribution in [0, 0.1) is 6.92 Å². The molecule has 2 aromatic heterocycles. The van der Waals surface area contributed by atoms with Crippen LogP contribution in [0.3, 0.4) is 0 Å². The van der Waals surface area contributed by atoms with Crippen molar-refractivity contribution >= 4 is 21.7 Å². The van der Waals surface area contributed by atoms with Crippen molar-refractivity contribution in [3.8, 4) is 5.82 Å². The smallest absolute Gasteiger partial charge is 0.253 e. The van der Waals surface area contributed by atoms with E-state index in [-0.39, 0.29) is 10.8 Å². The van der Waals surface area contributed by atoms with Gasteiger partial charge in [-0.2, -0.15) is 4.31 Å². The van der Waals surface area contributed by atoms with E-state index in [0.29, 0.717) is 50.6 Å². The van der Waals surface area contributed by atoms with Gasteiger partial charge in [-0.25, -0.2) is 13.4 Å². The minimum Gasteiger partial charge on any atom is -0.352 e. The molecule has 1 aromatic carbocycles. The Morgan fingerprint density at radius 3 is 2.09 bits per heavy atom. The molecule has 4 rings (SSSR count). The minimum atomic E-state index is -3.54. The van der Waals surface area contributed by atoms with Crippen LogP contribution in [-0.2, 0) is 10.0 Å². The largest absolute Gasteiger partial charge is 0.352 e. The summed E-state index contributed by atoms with van der Waals surface area (Å²) in [6.07, 6.45) is 3.56. The molecule has 11 heteroatoms. The maximum Gasteiger partial charge on any atom is 0.253 e. The van der Waals surface area contributed by atoms with Crippen molar-refractivity contribution < 1.29 is 13.2 Å². The van der Waals surface area contributed by atoms with Crippen molar-refractivity contribution in [2.75, 3.05) is 44.2 Å². The standard InChI is InChI=1S/C23H29N7O3S/c1-4-29(5-2)34(32,33)20-8-6-19(7-9-20)23(31)28-16-14-27(15-17-28)21-10-11-22(26-25-21)30-13-12-24-18(30)3/h6-13H,4-5,14-17H2,1-3H3. The molecule has 0 saturated carbocycles. The van der Waals surface area contributed by atoms with Crippen LogP contribution in [0.1, 0.15) is 30.0 Å². The molecule has 0 atom stereocenters. The van der Waals surface area contributed by atoms with Crippen LogP contribution in [0.4, 0.5) is 5.82 Å². The Morgan fingerprint density at radius 2 is 1.56 bits per heavy atom. The van der Waals surface area contributed by atoms with Gasteiger partial charge in [0.1, 0.15) is 5.82 Å². The van der Waals surface area contributed by atoms with Crippen molar-refractivity contribution in [1.29, 1.82) is 0 Å². The summed E-state index contributed by atoms with van der Waals surface area (Å²) in [6.45, 7) is 8.68. The van der Waals surface area contributed by atoms with Crippen molar-refractivity contribution in [3.05, 3.63) is 60.2 Å². The molecule has 180 valence electrons. The molecule has 1 amide bonds. The zero-order chi connectivity index (χ0) is 24.3. The number of carbonyl (C=O) groups excluding carboxylic acids is 1. The maximum absolute atomic E-state index is 13.0. The Kier molecular flexibility index (Phi) is 6.94. The Bertz CT molecular complexity index is 1230. The van der Waals surface area contributed by atoms with Gasteiger partial charge in [-0.1, -0.05) is 13.8 Å². The van der Waals surface area contributed by atoms with Crippen LogP contribution in [0.2, 0.25) is 0 Å². The molecule has 34 heavy (non-hydrogen) atoms. The molecule has 0 bridgehead atoms. The first-order chi connectivity index (χ1) is 16.3. The van der Waals surface area contributed by atoms with E-state index in [1.165, 1.54) is 16.4 Å². The number of hydrogen-bond donors (Lipinski definition) is 0. The molecule has 1 aliphatic rings. The fourth-order valence-electron chi connectivity index (χ4n) is 4.04. The highest BCUT2D eigenvalue weighted by molar-refractivity contribution is 7.89. The van der Waals surface area contributed by atoms with Gasteiger partial charge in [0.25, 0.3) is 5.91 Å². The minimum absolute atomic E-state index is 0.108. The normalized spacial score (nSPS) is 14.6. The first-order valence-corrected chi connectivity index (χ1v) is 12.8. The molecule has 1 saturated heterocycles. The lowest BCUT2D eigenvalue weighted by molar-refractivity contribution is 0.0746. The predicted octanol–water partition coefficient (Wildman–Crippen LogP) is 1.96. The van der Waals surface area contributed by atoms with Crippen LogP contribution < -0.4 is 4.90 Å². The molecular formula is C23H29N7O3S. The van der Waals surface area contributed by atoms with E-state index in [0.717, 1.165) is 11.6 Å². The van der Waals surface area contributed by atoms with Gasteiger partial charge in [0.05, 0.1) is 4.90 Å². The molecule has 10 nitrogen and oxygen atoms in total. The van der Waals surface area contributed by atoms with Gasteiger partial charge in [0, 0.05) is 57.2 Å². The van der Waals surface area contributed by atoms with E-state index in [9.17, 15) is 13.2 Å². The van der Waals surface area contributed by atoms with E-state index in [2.05, 4.69) is 20.1 Å². The van der Waals surface area contributed by atoms with Crippen LogP contribution in [0.15, 0.2) is 53.7 Å². The van der Waals surface area contributed by atoms with Crippen LogP contribution in [-0.4, -0.2) is 82.5 Å². The van der Waals surface area contributed by atoms with Crippen molar-refractivity contribution in [2.24, 2.45) is 0 Å². The number of piperazine rings is 1. The van der Waals surface area contributed by atoms with E-state index in [4.69, 9.17) is 0 Å². The summed E-state index contributed by atoms with van der Waals surface area (Å²) < 4.78 is 28.6. The second-order valence-corrected chi connectivity index (χ2v) is 9.93. The Labute approximate surface area is 199 Å². The predicted molar refractivity (Wildman–Crippen MR) is 129 cm³/mol. The Balaban J connectivity index is 1.38. The second-order valence-electron chi connectivity index (χ2n) is 7.99.